The summed E-state index contributed by atoms with van der Waals surface area (Å²) >= 11 is 0. The van der Waals surface area contributed by atoms with Crippen LogP contribution in [0, 0.1) is 12.7 Å². The molecule has 0 saturated carbocycles. The van der Waals surface area contributed by atoms with Crippen molar-refractivity contribution in [2.45, 2.75) is 32.2 Å². The van der Waals surface area contributed by atoms with Crippen LogP contribution in [-0.4, -0.2) is 32.3 Å². The number of anilines is 1. The van der Waals surface area contributed by atoms with Crippen molar-refractivity contribution in [2.75, 3.05) is 12.3 Å². The second-order valence-corrected chi connectivity index (χ2v) is 6.88. The molecule has 0 spiro atoms. The Bertz CT molecular complexity index is 999. The fourth-order valence-electron chi connectivity index (χ4n) is 3.52. The van der Waals surface area contributed by atoms with E-state index in [2.05, 4.69) is 15.0 Å². The molecular formula is C20H20FN5O2. The molecule has 4 rings (SSSR count). The summed E-state index contributed by atoms with van der Waals surface area (Å²) in [5.74, 6) is 0.680. The van der Waals surface area contributed by atoms with E-state index in [0.717, 1.165) is 18.4 Å². The number of halogens is 1. The summed E-state index contributed by atoms with van der Waals surface area (Å²) in [6, 6.07) is 7.73. The number of hydrogen-bond donors (Lipinski definition) is 1. The van der Waals surface area contributed by atoms with Crippen LogP contribution >= 0.6 is 0 Å². The van der Waals surface area contributed by atoms with Crippen LogP contribution in [-0.2, 0) is 6.42 Å². The molecule has 144 valence electrons. The molecule has 2 N–H and O–H groups in total. The smallest absolute Gasteiger partial charge is 0.273 e. The van der Waals surface area contributed by atoms with Crippen molar-refractivity contribution >= 4 is 11.9 Å². The number of nitrogen functional groups attached to an aromatic ring is 1. The van der Waals surface area contributed by atoms with E-state index in [9.17, 15) is 9.18 Å². The topological polar surface area (TPSA) is 98.1 Å². The molecular weight excluding hydrogens is 361 g/mol. The summed E-state index contributed by atoms with van der Waals surface area (Å²) < 4.78 is 19.3. The molecule has 3 aromatic rings. The molecule has 1 aromatic carbocycles. The maximum atomic E-state index is 13.4. The lowest BCUT2D eigenvalue weighted by Crippen LogP contribution is -2.31. The van der Waals surface area contributed by atoms with Gasteiger partial charge in [0.15, 0.2) is 0 Å². The average molecular weight is 381 g/mol. The number of hydrogen-bond acceptors (Lipinski definition) is 6. The van der Waals surface area contributed by atoms with Crippen molar-refractivity contribution < 1.29 is 13.6 Å². The summed E-state index contributed by atoms with van der Waals surface area (Å²) in [4.78, 5) is 27.1. The molecule has 0 bridgehead atoms. The molecule has 1 aliphatic heterocycles. The fourth-order valence-corrected chi connectivity index (χ4v) is 3.52. The highest BCUT2D eigenvalue weighted by atomic mass is 19.1. The quantitative estimate of drug-likeness (QED) is 0.746. The number of benzene rings is 1. The number of nitrogens with two attached hydrogens (primary N) is 1. The van der Waals surface area contributed by atoms with Crippen LogP contribution in [0.3, 0.4) is 0 Å². The lowest BCUT2D eigenvalue weighted by Gasteiger charge is -2.22. The first-order valence-corrected chi connectivity index (χ1v) is 9.11. The molecule has 0 aliphatic carbocycles. The molecule has 8 heteroatoms. The van der Waals surface area contributed by atoms with Gasteiger partial charge in [0.2, 0.25) is 11.8 Å². The van der Waals surface area contributed by atoms with E-state index in [0.29, 0.717) is 30.3 Å². The Hall–Kier alpha value is -3.29. The molecule has 1 amide bonds. The van der Waals surface area contributed by atoms with E-state index in [4.69, 9.17) is 10.2 Å². The number of nitrogens with zero attached hydrogens (tertiary/aromatic N) is 4. The molecule has 1 aliphatic rings. The molecule has 1 fully saturated rings. The van der Waals surface area contributed by atoms with Crippen molar-refractivity contribution in [3.8, 4) is 0 Å². The molecule has 1 saturated heterocycles. The average Bonchev–Trinajstić information content (AvgIpc) is 3.29. The molecule has 0 radical (unpaired) electrons. The third-order valence-electron chi connectivity index (χ3n) is 4.73. The van der Waals surface area contributed by atoms with E-state index in [-0.39, 0.29) is 29.4 Å². The van der Waals surface area contributed by atoms with Gasteiger partial charge in [-0.25, -0.2) is 19.3 Å². The molecule has 2 aromatic heterocycles. The van der Waals surface area contributed by atoms with Gasteiger partial charge < -0.3 is 15.1 Å². The summed E-state index contributed by atoms with van der Waals surface area (Å²) in [6.07, 6.45) is 3.67. The summed E-state index contributed by atoms with van der Waals surface area (Å²) in [6.45, 7) is 2.36. The predicted molar refractivity (Wildman–Crippen MR) is 99.9 cm³/mol. The summed E-state index contributed by atoms with van der Waals surface area (Å²) in [5.41, 5.74) is 7.38. The van der Waals surface area contributed by atoms with E-state index in [1.165, 1.54) is 12.1 Å². The highest BCUT2D eigenvalue weighted by Crippen LogP contribution is 2.33. The van der Waals surface area contributed by atoms with Gasteiger partial charge in [0.25, 0.3) is 5.91 Å². The van der Waals surface area contributed by atoms with Crippen LogP contribution in [0.1, 0.15) is 52.3 Å². The van der Waals surface area contributed by atoms with Crippen molar-refractivity contribution in [1.82, 2.24) is 19.9 Å². The fraction of sp³-hybridized carbons (Fsp3) is 0.300. The third kappa shape index (κ3) is 3.71. The Kier molecular flexibility index (Phi) is 4.77. The highest BCUT2D eigenvalue weighted by Gasteiger charge is 2.34. The Labute approximate surface area is 161 Å². The SMILES string of the molecule is Cc1cc(C(=O)N2CCC[C@H]2c2ncc(Cc3cccc(F)c3)o2)nc(N)n1. The zero-order valence-corrected chi connectivity index (χ0v) is 15.4. The second kappa shape index (κ2) is 7.38. The lowest BCUT2D eigenvalue weighted by molar-refractivity contribution is 0.0708. The van der Waals surface area contributed by atoms with Crippen molar-refractivity contribution in [3.05, 3.63) is 70.9 Å². The molecule has 0 unspecified atom stereocenters. The number of rotatable bonds is 4. The van der Waals surface area contributed by atoms with Gasteiger partial charge in [0.1, 0.15) is 23.3 Å². The van der Waals surface area contributed by atoms with Gasteiger partial charge in [-0.3, -0.25) is 4.79 Å². The van der Waals surface area contributed by atoms with Gasteiger partial charge in [-0.1, -0.05) is 12.1 Å². The number of amides is 1. The Balaban J connectivity index is 1.53. The number of aryl methyl sites for hydroxylation is 1. The first-order valence-electron chi connectivity index (χ1n) is 9.11. The number of oxazole rings is 1. The standard InChI is InChI=1S/C20H20FN5O2/c1-12-8-16(25-20(22)24-12)19(27)26-7-3-6-17(26)18-23-11-15(28-18)10-13-4-2-5-14(21)9-13/h2,4-5,8-9,11,17H,3,6-7,10H2,1H3,(H2,22,24,25)/t17-/m0/s1. The maximum Gasteiger partial charge on any atom is 0.273 e. The van der Waals surface area contributed by atoms with E-state index < -0.39 is 0 Å². The zero-order valence-electron chi connectivity index (χ0n) is 15.4. The minimum Gasteiger partial charge on any atom is -0.443 e. The molecule has 7 nitrogen and oxygen atoms in total. The van der Waals surface area contributed by atoms with Gasteiger partial charge in [0, 0.05) is 18.7 Å². The number of carbonyl (C=O) groups is 1. The largest absolute Gasteiger partial charge is 0.443 e. The normalized spacial score (nSPS) is 16.5. The Morgan fingerprint density at radius 3 is 3.00 bits per heavy atom. The van der Waals surface area contributed by atoms with Crippen LogP contribution in [0.5, 0.6) is 0 Å². The summed E-state index contributed by atoms with van der Waals surface area (Å²) in [5, 5.41) is 0. The van der Waals surface area contributed by atoms with Gasteiger partial charge in [-0.2, -0.15) is 0 Å². The first kappa shape index (κ1) is 18.1. The number of carbonyl (C=O) groups excluding carboxylic acids is 1. The van der Waals surface area contributed by atoms with Crippen molar-refractivity contribution in [1.29, 1.82) is 0 Å². The van der Waals surface area contributed by atoms with Crippen LogP contribution < -0.4 is 5.73 Å². The Morgan fingerprint density at radius 1 is 1.36 bits per heavy atom. The highest BCUT2D eigenvalue weighted by molar-refractivity contribution is 5.93. The zero-order chi connectivity index (χ0) is 19.7. The lowest BCUT2D eigenvalue weighted by atomic mass is 10.1. The monoisotopic (exact) mass is 381 g/mol. The number of likely N-dealkylation sites (tertiary alicyclic amines) is 1. The van der Waals surface area contributed by atoms with E-state index in [1.807, 2.05) is 6.07 Å². The minimum atomic E-state index is -0.288. The van der Waals surface area contributed by atoms with Crippen LogP contribution in [0.15, 0.2) is 40.9 Å². The molecule has 1 atom stereocenters. The molecule has 28 heavy (non-hydrogen) atoms. The minimum absolute atomic E-state index is 0.0765. The van der Waals surface area contributed by atoms with Gasteiger partial charge in [-0.05, 0) is 43.5 Å². The second-order valence-electron chi connectivity index (χ2n) is 6.88. The Morgan fingerprint density at radius 2 is 2.21 bits per heavy atom. The van der Waals surface area contributed by atoms with Crippen LogP contribution in [0.2, 0.25) is 0 Å². The number of aromatic nitrogens is 3. The third-order valence-corrected chi connectivity index (χ3v) is 4.73. The van der Waals surface area contributed by atoms with Crippen LogP contribution in [0.4, 0.5) is 10.3 Å². The maximum absolute atomic E-state index is 13.4. The predicted octanol–water partition coefficient (Wildman–Crippen LogP) is 3.06. The van der Waals surface area contributed by atoms with Crippen molar-refractivity contribution in [3.63, 3.8) is 0 Å². The summed E-state index contributed by atoms with van der Waals surface area (Å²) in [7, 11) is 0. The van der Waals surface area contributed by atoms with Gasteiger partial charge >= 0.3 is 0 Å². The molecule has 3 heterocycles. The van der Waals surface area contributed by atoms with Gasteiger partial charge in [0.05, 0.1) is 6.20 Å². The van der Waals surface area contributed by atoms with Gasteiger partial charge in [-0.15, -0.1) is 0 Å². The van der Waals surface area contributed by atoms with E-state index in [1.54, 1.807) is 30.2 Å². The van der Waals surface area contributed by atoms with Crippen molar-refractivity contribution in [2.24, 2.45) is 0 Å². The van der Waals surface area contributed by atoms with E-state index >= 15 is 0 Å². The van der Waals surface area contributed by atoms with Crippen LogP contribution in [0.25, 0.3) is 0 Å². The first-order chi connectivity index (χ1) is 13.5.